The first-order valence-corrected chi connectivity index (χ1v) is 5.85. The van der Waals surface area contributed by atoms with Gasteiger partial charge in [-0.1, -0.05) is 26.8 Å². The fourth-order valence-electron chi connectivity index (χ4n) is 1.77. The van der Waals surface area contributed by atoms with Crippen LogP contribution in [-0.4, -0.2) is 11.5 Å². The highest BCUT2D eigenvalue weighted by Crippen LogP contribution is 2.36. The van der Waals surface area contributed by atoms with Gasteiger partial charge in [0.15, 0.2) is 5.60 Å². The molecule has 2 rings (SSSR count). The summed E-state index contributed by atoms with van der Waals surface area (Å²) >= 11 is 0. The van der Waals surface area contributed by atoms with Crippen LogP contribution in [0.5, 0.6) is 5.75 Å². The second kappa shape index (κ2) is 3.49. The standard InChI is InChI=1S/C14H19NO2/c1-13(2,3)9-6-7-10-11(8-9)17-14(4,5)12(16)15-10/h6-8H,1-5H3,(H,15,16). The number of carbonyl (C=O) groups excluding carboxylic acids is 1. The molecule has 0 saturated carbocycles. The average Bonchev–Trinajstić information content (AvgIpc) is 2.17. The van der Waals surface area contributed by atoms with E-state index >= 15 is 0 Å². The van der Waals surface area contributed by atoms with Gasteiger partial charge in [0.1, 0.15) is 5.75 Å². The Labute approximate surface area is 102 Å². The van der Waals surface area contributed by atoms with Gasteiger partial charge in [-0.3, -0.25) is 4.79 Å². The molecule has 1 aromatic carbocycles. The normalized spacial score (nSPS) is 18.1. The summed E-state index contributed by atoms with van der Waals surface area (Å²) < 4.78 is 5.76. The lowest BCUT2D eigenvalue weighted by Gasteiger charge is -2.32. The quantitative estimate of drug-likeness (QED) is 0.747. The Hall–Kier alpha value is -1.51. The number of carbonyl (C=O) groups is 1. The topological polar surface area (TPSA) is 38.3 Å². The molecule has 0 atom stereocenters. The van der Waals surface area contributed by atoms with Crippen LogP contribution in [0.15, 0.2) is 18.2 Å². The van der Waals surface area contributed by atoms with Crippen LogP contribution in [0.2, 0.25) is 0 Å². The van der Waals surface area contributed by atoms with Crippen LogP contribution in [0.4, 0.5) is 5.69 Å². The Balaban J connectivity index is 2.45. The van der Waals surface area contributed by atoms with Crippen molar-refractivity contribution in [3.8, 4) is 5.75 Å². The van der Waals surface area contributed by atoms with Crippen molar-refractivity contribution >= 4 is 11.6 Å². The minimum Gasteiger partial charge on any atom is -0.476 e. The highest BCUT2D eigenvalue weighted by atomic mass is 16.5. The predicted molar refractivity (Wildman–Crippen MR) is 68.5 cm³/mol. The van der Waals surface area contributed by atoms with E-state index in [4.69, 9.17) is 4.74 Å². The lowest BCUT2D eigenvalue weighted by Crippen LogP contribution is -2.45. The van der Waals surface area contributed by atoms with Gasteiger partial charge in [0.25, 0.3) is 5.91 Å². The number of benzene rings is 1. The van der Waals surface area contributed by atoms with Gasteiger partial charge in [-0.2, -0.15) is 0 Å². The fourth-order valence-corrected chi connectivity index (χ4v) is 1.77. The Morgan fingerprint density at radius 3 is 2.47 bits per heavy atom. The molecule has 92 valence electrons. The Morgan fingerprint density at radius 2 is 1.88 bits per heavy atom. The van der Waals surface area contributed by atoms with E-state index in [1.165, 1.54) is 5.56 Å². The lowest BCUT2D eigenvalue weighted by molar-refractivity contribution is -0.129. The number of nitrogens with one attached hydrogen (secondary N) is 1. The first-order chi connectivity index (χ1) is 7.70. The van der Waals surface area contributed by atoms with E-state index in [1.807, 2.05) is 18.2 Å². The van der Waals surface area contributed by atoms with Gasteiger partial charge < -0.3 is 10.1 Å². The monoisotopic (exact) mass is 233 g/mol. The van der Waals surface area contributed by atoms with Crippen LogP contribution in [0.3, 0.4) is 0 Å². The van der Waals surface area contributed by atoms with Crippen LogP contribution in [0, 0.1) is 0 Å². The summed E-state index contributed by atoms with van der Waals surface area (Å²) in [5, 5.41) is 2.86. The van der Waals surface area contributed by atoms with Crippen molar-refractivity contribution in [3.05, 3.63) is 23.8 Å². The van der Waals surface area contributed by atoms with E-state index in [2.05, 4.69) is 26.1 Å². The zero-order valence-corrected chi connectivity index (χ0v) is 11.0. The highest BCUT2D eigenvalue weighted by molar-refractivity contribution is 6.00. The van der Waals surface area contributed by atoms with E-state index in [1.54, 1.807) is 13.8 Å². The van der Waals surface area contributed by atoms with Gasteiger partial charge in [0.05, 0.1) is 5.69 Å². The SMILES string of the molecule is CC1(C)Oc2cc(C(C)(C)C)ccc2NC1=O. The number of amides is 1. The van der Waals surface area contributed by atoms with Gasteiger partial charge in [-0.05, 0) is 37.0 Å². The summed E-state index contributed by atoms with van der Waals surface area (Å²) in [5.41, 5.74) is 1.22. The van der Waals surface area contributed by atoms with Gasteiger partial charge in [0.2, 0.25) is 0 Å². The molecule has 3 heteroatoms. The molecule has 0 bridgehead atoms. The van der Waals surface area contributed by atoms with Crippen molar-refractivity contribution in [1.29, 1.82) is 0 Å². The van der Waals surface area contributed by atoms with Gasteiger partial charge in [-0.25, -0.2) is 0 Å². The third-order valence-electron chi connectivity index (χ3n) is 3.01. The third-order valence-corrected chi connectivity index (χ3v) is 3.01. The molecule has 0 aromatic heterocycles. The maximum absolute atomic E-state index is 11.7. The fraction of sp³-hybridized carbons (Fsp3) is 0.500. The van der Waals surface area contributed by atoms with Crippen molar-refractivity contribution in [2.24, 2.45) is 0 Å². The minimum atomic E-state index is -0.802. The molecule has 1 aliphatic rings. The first-order valence-electron chi connectivity index (χ1n) is 5.85. The van der Waals surface area contributed by atoms with Crippen molar-refractivity contribution in [2.45, 2.75) is 45.6 Å². The van der Waals surface area contributed by atoms with E-state index in [-0.39, 0.29) is 11.3 Å². The van der Waals surface area contributed by atoms with Gasteiger partial charge >= 0.3 is 0 Å². The number of ether oxygens (including phenoxy) is 1. The third kappa shape index (κ3) is 2.14. The van der Waals surface area contributed by atoms with Crippen molar-refractivity contribution < 1.29 is 9.53 Å². The maximum atomic E-state index is 11.7. The van der Waals surface area contributed by atoms with Crippen molar-refractivity contribution in [2.75, 3.05) is 5.32 Å². The molecule has 0 spiro atoms. The molecule has 0 radical (unpaired) electrons. The second-order valence-corrected chi connectivity index (χ2v) is 6.03. The molecule has 1 amide bonds. The molecule has 1 N–H and O–H groups in total. The summed E-state index contributed by atoms with van der Waals surface area (Å²) in [6.45, 7) is 10.0. The Morgan fingerprint density at radius 1 is 1.24 bits per heavy atom. The van der Waals surface area contributed by atoms with Crippen LogP contribution < -0.4 is 10.1 Å². The zero-order chi connectivity index (χ0) is 12.8. The summed E-state index contributed by atoms with van der Waals surface area (Å²) in [7, 11) is 0. The summed E-state index contributed by atoms with van der Waals surface area (Å²) in [6.07, 6.45) is 0. The summed E-state index contributed by atoms with van der Waals surface area (Å²) in [5.74, 6) is 0.649. The molecule has 1 heterocycles. The highest BCUT2D eigenvalue weighted by Gasteiger charge is 2.35. The van der Waals surface area contributed by atoms with Gasteiger partial charge in [-0.15, -0.1) is 0 Å². The number of fused-ring (bicyclic) bond motifs is 1. The van der Waals surface area contributed by atoms with E-state index in [0.29, 0.717) is 0 Å². The first kappa shape index (κ1) is 12.0. The van der Waals surface area contributed by atoms with Crippen molar-refractivity contribution in [1.82, 2.24) is 0 Å². The molecule has 0 fully saturated rings. The molecular formula is C14H19NO2. The predicted octanol–water partition coefficient (Wildman–Crippen LogP) is 3.09. The van der Waals surface area contributed by atoms with Gasteiger partial charge in [0, 0.05) is 0 Å². The Bertz CT molecular complexity index is 470. The molecule has 1 aliphatic heterocycles. The molecule has 1 aromatic rings. The molecule has 3 nitrogen and oxygen atoms in total. The minimum absolute atomic E-state index is 0.0734. The molecule has 17 heavy (non-hydrogen) atoms. The lowest BCUT2D eigenvalue weighted by atomic mass is 9.86. The van der Waals surface area contributed by atoms with E-state index in [0.717, 1.165) is 11.4 Å². The molecule has 0 aliphatic carbocycles. The molecule has 0 saturated heterocycles. The largest absolute Gasteiger partial charge is 0.476 e. The smallest absolute Gasteiger partial charge is 0.268 e. The second-order valence-electron chi connectivity index (χ2n) is 6.03. The zero-order valence-electron chi connectivity index (χ0n) is 11.0. The number of hydrogen-bond donors (Lipinski definition) is 1. The number of anilines is 1. The molecule has 0 unspecified atom stereocenters. The van der Waals surface area contributed by atoms with Crippen LogP contribution in [-0.2, 0) is 10.2 Å². The Kier molecular flexibility index (Phi) is 2.45. The van der Waals surface area contributed by atoms with Crippen LogP contribution >= 0.6 is 0 Å². The van der Waals surface area contributed by atoms with E-state index in [9.17, 15) is 4.79 Å². The average molecular weight is 233 g/mol. The maximum Gasteiger partial charge on any atom is 0.268 e. The van der Waals surface area contributed by atoms with Crippen molar-refractivity contribution in [3.63, 3.8) is 0 Å². The van der Waals surface area contributed by atoms with E-state index < -0.39 is 5.60 Å². The van der Waals surface area contributed by atoms with Crippen LogP contribution in [0.25, 0.3) is 0 Å². The summed E-state index contributed by atoms with van der Waals surface area (Å²) in [4.78, 5) is 11.7. The number of hydrogen-bond acceptors (Lipinski definition) is 2. The van der Waals surface area contributed by atoms with Crippen LogP contribution in [0.1, 0.15) is 40.2 Å². The summed E-state index contributed by atoms with van der Waals surface area (Å²) in [6, 6.07) is 5.94. The number of rotatable bonds is 0. The molecular weight excluding hydrogens is 214 g/mol.